The molecular formula is C17H15N3O3S. The zero-order valence-electron chi connectivity index (χ0n) is 12.6. The molecule has 1 aromatic heterocycles. The van der Waals surface area contributed by atoms with E-state index in [1.54, 1.807) is 30.5 Å². The zero-order chi connectivity index (χ0) is 17.2. The lowest BCUT2D eigenvalue weighted by Crippen LogP contribution is -2.23. The first-order valence-corrected chi connectivity index (χ1v) is 8.73. The highest BCUT2D eigenvalue weighted by atomic mass is 32.2. The number of nitrogens with zero attached hydrogens (tertiary/aromatic N) is 1. The Kier molecular flexibility index (Phi) is 4.28. The maximum Gasteiger partial charge on any atom is 0.253 e. The predicted molar refractivity (Wildman–Crippen MR) is 90.7 cm³/mol. The molecule has 0 saturated heterocycles. The van der Waals surface area contributed by atoms with Gasteiger partial charge in [0.25, 0.3) is 5.91 Å². The van der Waals surface area contributed by atoms with Crippen LogP contribution in [0.25, 0.3) is 10.9 Å². The second-order valence-electron chi connectivity index (χ2n) is 5.25. The van der Waals surface area contributed by atoms with E-state index in [9.17, 15) is 13.2 Å². The van der Waals surface area contributed by atoms with E-state index < -0.39 is 10.0 Å². The Labute approximate surface area is 139 Å². The summed E-state index contributed by atoms with van der Waals surface area (Å²) in [6.45, 7) is 0.271. The number of aromatic nitrogens is 1. The van der Waals surface area contributed by atoms with Crippen LogP contribution in [0, 0.1) is 0 Å². The number of hydrogen-bond donors (Lipinski definition) is 2. The van der Waals surface area contributed by atoms with Gasteiger partial charge in [-0.15, -0.1) is 0 Å². The van der Waals surface area contributed by atoms with Gasteiger partial charge in [-0.3, -0.25) is 9.78 Å². The molecule has 2 aromatic carbocycles. The van der Waals surface area contributed by atoms with Crippen LogP contribution in [0.2, 0.25) is 0 Å². The second-order valence-corrected chi connectivity index (χ2v) is 6.81. The van der Waals surface area contributed by atoms with Gasteiger partial charge >= 0.3 is 0 Å². The van der Waals surface area contributed by atoms with Crippen LogP contribution in [0.15, 0.2) is 65.7 Å². The molecule has 0 aliphatic carbocycles. The number of fused-ring (bicyclic) bond motifs is 1. The van der Waals surface area contributed by atoms with Crippen molar-refractivity contribution in [1.82, 2.24) is 10.3 Å². The molecule has 1 amide bonds. The fourth-order valence-corrected chi connectivity index (χ4v) is 2.88. The smallest absolute Gasteiger partial charge is 0.253 e. The Morgan fingerprint density at radius 1 is 1.04 bits per heavy atom. The lowest BCUT2D eigenvalue weighted by Gasteiger charge is -2.08. The fraction of sp³-hybridized carbons (Fsp3) is 0.0588. The van der Waals surface area contributed by atoms with Gasteiger partial charge in [-0.2, -0.15) is 0 Å². The molecule has 3 N–H and O–H groups in total. The van der Waals surface area contributed by atoms with Crippen molar-refractivity contribution in [3.8, 4) is 0 Å². The van der Waals surface area contributed by atoms with Gasteiger partial charge in [0.15, 0.2) is 0 Å². The fourth-order valence-electron chi connectivity index (χ4n) is 2.36. The summed E-state index contributed by atoms with van der Waals surface area (Å²) in [7, 11) is -3.71. The molecule has 122 valence electrons. The number of hydrogen-bond acceptors (Lipinski definition) is 4. The van der Waals surface area contributed by atoms with Gasteiger partial charge in [0.2, 0.25) is 10.0 Å². The minimum Gasteiger partial charge on any atom is -0.348 e. The van der Waals surface area contributed by atoms with E-state index >= 15 is 0 Å². The number of para-hydroxylation sites is 1. The van der Waals surface area contributed by atoms with Gasteiger partial charge in [0.05, 0.1) is 16.0 Å². The molecule has 0 aliphatic rings. The van der Waals surface area contributed by atoms with Gasteiger partial charge in [-0.25, -0.2) is 13.6 Å². The van der Waals surface area contributed by atoms with Crippen LogP contribution >= 0.6 is 0 Å². The van der Waals surface area contributed by atoms with Crippen molar-refractivity contribution in [2.45, 2.75) is 11.4 Å². The lowest BCUT2D eigenvalue weighted by molar-refractivity contribution is 0.0952. The van der Waals surface area contributed by atoms with Gasteiger partial charge < -0.3 is 5.32 Å². The third-order valence-corrected chi connectivity index (χ3v) is 4.51. The van der Waals surface area contributed by atoms with Crippen LogP contribution in [-0.2, 0) is 16.6 Å². The summed E-state index contributed by atoms with van der Waals surface area (Å²) >= 11 is 0. The summed E-state index contributed by atoms with van der Waals surface area (Å²) in [5.41, 5.74) is 1.90. The largest absolute Gasteiger partial charge is 0.348 e. The summed E-state index contributed by atoms with van der Waals surface area (Å²) in [5.74, 6) is -0.241. The molecule has 24 heavy (non-hydrogen) atoms. The Hall–Kier alpha value is -2.77. The van der Waals surface area contributed by atoms with E-state index in [1.165, 1.54) is 12.1 Å². The zero-order valence-corrected chi connectivity index (χ0v) is 13.5. The number of sulfonamides is 1. The lowest BCUT2D eigenvalue weighted by atomic mass is 10.1. The number of carbonyl (C=O) groups is 1. The van der Waals surface area contributed by atoms with E-state index in [4.69, 9.17) is 5.14 Å². The van der Waals surface area contributed by atoms with Crippen molar-refractivity contribution in [3.63, 3.8) is 0 Å². The highest BCUT2D eigenvalue weighted by Gasteiger charge is 2.11. The molecule has 3 rings (SSSR count). The third-order valence-electron chi connectivity index (χ3n) is 3.58. The van der Waals surface area contributed by atoms with Crippen LogP contribution in [-0.4, -0.2) is 19.3 Å². The molecule has 7 heteroatoms. The number of nitrogens with one attached hydrogen (secondary N) is 1. The van der Waals surface area contributed by atoms with Crippen molar-refractivity contribution >= 4 is 26.8 Å². The molecule has 0 bridgehead atoms. The molecule has 0 atom stereocenters. The molecule has 3 aromatic rings. The second kappa shape index (κ2) is 6.38. The van der Waals surface area contributed by atoms with Gasteiger partial charge in [0, 0.05) is 18.1 Å². The molecule has 0 fully saturated rings. The standard InChI is InChI=1S/C17H15N3O3S/c18-24(22,23)14-8-6-12(7-9-14)11-20-17(21)15-5-1-3-13-4-2-10-19-16(13)15/h1-10H,11H2,(H,20,21)(H2,18,22,23). The molecular weight excluding hydrogens is 326 g/mol. The summed E-state index contributed by atoms with van der Waals surface area (Å²) < 4.78 is 22.4. The molecule has 0 radical (unpaired) electrons. The van der Waals surface area contributed by atoms with Crippen molar-refractivity contribution in [2.75, 3.05) is 0 Å². The quantitative estimate of drug-likeness (QED) is 0.755. The Morgan fingerprint density at radius 2 is 1.75 bits per heavy atom. The van der Waals surface area contributed by atoms with Crippen molar-refractivity contribution < 1.29 is 13.2 Å². The Morgan fingerprint density at radius 3 is 2.46 bits per heavy atom. The number of nitrogens with two attached hydrogens (primary N) is 1. The number of rotatable bonds is 4. The van der Waals surface area contributed by atoms with E-state index in [0.29, 0.717) is 11.1 Å². The van der Waals surface area contributed by atoms with E-state index in [0.717, 1.165) is 10.9 Å². The third kappa shape index (κ3) is 3.42. The van der Waals surface area contributed by atoms with Crippen LogP contribution in [0.5, 0.6) is 0 Å². The predicted octanol–water partition coefficient (Wildman–Crippen LogP) is 1.81. The number of benzene rings is 2. The maximum atomic E-state index is 12.4. The van der Waals surface area contributed by atoms with Gasteiger partial charge in [0.1, 0.15) is 0 Å². The van der Waals surface area contributed by atoms with Crippen molar-refractivity contribution in [2.24, 2.45) is 5.14 Å². The minimum absolute atomic E-state index is 0.0378. The van der Waals surface area contributed by atoms with Crippen LogP contribution in [0.1, 0.15) is 15.9 Å². The van der Waals surface area contributed by atoms with E-state index in [1.807, 2.05) is 18.2 Å². The number of pyridine rings is 1. The SMILES string of the molecule is NS(=O)(=O)c1ccc(CNC(=O)c2cccc3cccnc23)cc1. The van der Waals surface area contributed by atoms with Crippen molar-refractivity contribution in [3.05, 3.63) is 71.9 Å². The molecule has 6 nitrogen and oxygen atoms in total. The molecule has 0 spiro atoms. The summed E-state index contributed by atoms with van der Waals surface area (Å²) in [6.07, 6.45) is 1.64. The Balaban J connectivity index is 1.76. The van der Waals surface area contributed by atoms with Crippen LogP contribution < -0.4 is 10.5 Å². The number of carbonyl (C=O) groups excluding carboxylic acids is 1. The average molecular weight is 341 g/mol. The van der Waals surface area contributed by atoms with Gasteiger partial charge in [-0.05, 0) is 29.8 Å². The number of amides is 1. The highest BCUT2D eigenvalue weighted by Crippen LogP contribution is 2.16. The normalized spacial score (nSPS) is 11.4. The molecule has 1 heterocycles. The van der Waals surface area contributed by atoms with Crippen LogP contribution in [0.3, 0.4) is 0 Å². The molecule has 0 unspecified atom stereocenters. The molecule has 0 saturated carbocycles. The summed E-state index contributed by atoms with van der Waals surface area (Å²) in [4.78, 5) is 16.7. The van der Waals surface area contributed by atoms with Crippen molar-refractivity contribution in [1.29, 1.82) is 0 Å². The van der Waals surface area contributed by atoms with E-state index in [-0.39, 0.29) is 17.3 Å². The summed E-state index contributed by atoms with van der Waals surface area (Å²) in [6, 6.07) is 15.2. The summed E-state index contributed by atoms with van der Waals surface area (Å²) in [5, 5.41) is 8.75. The monoisotopic (exact) mass is 341 g/mol. The van der Waals surface area contributed by atoms with Crippen LogP contribution in [0.4, 0.5) is 0 Å². The van der Waals surface area contributed by atoms with Gasteiger partial charge in [-0.1, -0.05) is 30.3 Å². The van der Waals surface area contributed by atoms with E-state index in [2.05, 4.69) is 10.3 Å². The first-order valence-electron chi connectivity index (χ1n) is 7.19. The topological polar surface area (TPSA) is 102 Å². The first-order chi connectivity index (χ1) is 11.4. The number of primary sulfonamides is 1. The first kappa shape index (κ1) is 16.1. The highest BCUT2D eigenvalue weighted by molar-refractivity contribution is 7.89. The average Bonchev–Trinajstić information content (AvgIpc) is 2.59. The molecule has 0 aliphatic heterocycles. The maximum absolute atomic E-state index is 12.4. The Bertz CT molecular complexity index is 994. The minimum atomic E-state index is -3.71.